The van der Waals surface area contributed by atoms with Crippen LogP contribution in [0.2, 0.25) is 5.02 Å². The number of hydrogen-bond donors (Lipinski definition) is 1. The largest absolute Gasteiger partial charge is 0.453 e. The number of hydrogen-bond acceptors (Lipinski definition) is 2. The van der Waals surface area contributed by atoms with E-state index in [2.05, 4.69) is 21.2 Å². The summed E-state index contributed by atoms with van der Waals surface area (Å²) in [5, 5.41) is 3.49. The Morgan fingerprint density at radius 2 is 1.95 bits per heavy atom. The van der Waals surface area contributed by atoms with E-state index in [1.807, 2.05) is 20.0 Å². The number of nitrogens with one attached hydrogen (secondary N) is 1. The highest BCUT2D eigenvalue weighted by atomic mass is 79.9. The van der Waals surface area contributed by atoms with E-state index in [-0.39, 0.29) is 11.8 Å². The molecule has 1 atom stereocenters. The van der Waals surface area contributed by atoms with E-state index in [1.165, 1.54) is 6.07 Å². The van der Waals surface area contributed by atoms with E-state index in [0.717, 1.165) is 10.0 Å². The van der Waals surface area contributed by atoms with E-state index in [9.17, 15) is 4.39 Å². The van der Waals surface area contributed by atoms with Gasteiger partial charge in [0.25, 0.3) is 0 Å². The average Bonchev–Trinajstić information content (AvgIpc) is 2.44. The van der Waals surface area contributed by atoms with Gasteiger partial charge in [-0.2, -0.15) is 0 Å². The molecular weight excluding hydrogens is 345 g/mol. The van der Waals surface area contributed by atoms with Gasteiger partial charge in [0.2, 0.25) is 0 Å². The van der Waals surface area contributed by atoms with Crippen LogP contribution in [0.4, 0.5) is 4.39 Å². The maximum absolute atomic E-state index is 14.1. The van der Waals surface area contributed by atoms with Crippen LogP contribution in [0.25, 0.3) is 0 Å². The molecule has 1 unspecified atom stereocenters. The van der Waals surface area contributed by atoms with Crippen LogP contribution in [-0.2, 0) is 0 Å². The third-order valence-corrected chi connectivity index (χ3v) is 3.81. The molecule has 106 valence electrons. The number of benzene rings is 2. The van der Waals surface area contributed by atoms with Crippen LogP contribution in [0, 0.1) is 5.82 Å². The van der Waals surface area contributed by atoms with Crippen LogP contribution in [-0.4, -0.2) is 7.05 Å². The molecule has 1 N–H and O–H groups in total. The van der Waals surface area contributed by atoms with Crippen LogP contribution in [0.1, 0.15) is 18.5 Å². The zero-order valence-electron chi connectivity index (χ0n) is 11.1. The molecule has 0 aliphatic carbocycles. The van der Waals surface area contributed by atoms with E-state index in [0.29, 0.717) is 10.8 Å². The summed E-state index contributed by atoms with van der Waals surface area (Å²) in [5.74, 6) is 0.145. The highest BCUT2D eigenvalue weighted by molar-refractivity contribution is 9.10. The molecule has 20 heavy (non-hydrogen) atoms. The standard InChI is InChI=1S/C15H14BrClFNO/c1-9(19-2)10-3-6-14(13(18)7-10)20-15-8-11(16)4-5-12(15)17/h3-9,19H,1-2H3. The minimum Gasteiger partial charge on any atom is -0.453 e. The molecule has 2 rings (SSSR count). The SMILES string of the molecule is CNC(C)c1ccc(Oc2cc(Br)ccc2Cl)c(F)c1. The summed E-state index contributed by atoms with van der Waals surface area (Å²) in [6.45, 7) is 1.96. The Bertz CT molecular complexity index is 621. The van der Waals surface area contributed by atoms with E-state index in [1.54, 1.807) is 24.3 Å². The van der Waals surface area contributed by atoms with Gasteiger partial charge in [-0.05, 0) is 49.9 Å². The third-order valence-electron chi connectivity index (χ3n) is 3.00. The second-order valence-electron chi connectivity index (χ2n) is 4.38. The van der Waals surface area contributed by atoms with E-state index >= 15 is 0 Å². The van der Waals surface area contributed by atoms with Crippen molar-refractivity contribution in [3.05, 3.63) is 57.3 Å². The first-order valence-electron chi connectivity index (χ1n) is 6.11. The zero-order chi connectivity index (χ0) is 14.7. The molecule has 0 aliphatic rings. The summed E-state index contributed by atoms with van der Waals surface area (Å²) in [7, 11) is 1.83. The normalized spacial score (nSPS) is 12.2. The van der Waals surface area contributed by atoms with Gasteiger partial charge in [0.15, 0.2) is 11.6 Å². The van der Waals surface area contributed by atoms with Crippen molar-refractivity contribution >= 4 is 27.5 Å². The number of halogens is 3. The fraction of sp³-hybridized carbons (Fsp3) is 0.200. The maximum atomic E-state index is 14.1. The van der Waals surface area contributed by atoms with Gasteiger partial charge < -0.3 is 10.1 Å². The summed E-state index contributed by atoms with van der Waals surface area (Å²) in [5.41, 5.74) is 0.859. The van der Waals surface area contributed by atoms with Gasteiger partial charge in [0.05, 0.1) is 5.02 Å². The van der Waals surface area contributed by atoms with Crippen molar-refractivity contribution in [2.45, 2.75) is 13.0 Å². The molecule has 0 fully saturated rings. The molecule has 0 aromatic heterocycles. The number of ether oxygens (including phenoxy) is 1. The van der Waals surface area contributed by atoms with Gasteiger partial charge in [0, 0.05) is 10.5 Å². The maximum Gasteiger partial charge on any atom is 0.166 e. The van der Waals surface area contributed by atoms with Gasteiger partial charge in [-0.3, -0.25) is 0 Å². The second kappa shape index (κ2) is 6.57. The predicted molar refractivity (Wildman–Crippen MR) is 83.1 cm³/mol. The first-order chi connectivity index (χ1) is 9.51. The second-order valence-corrected chi connectivity index (χ2v) is 5.70. The van der Waals surface area contributed by atoms with Crippen molar-refractivity contribution in [3.8, 4) is 11.5 Å². The van der Waals surface area contributed by atoms with E-state index in [4.69, 9.17) is 16.3 Å². The Labute approximate surface area is 131 Å². The van der Waals surface area contributed by atoms with Gasteiger partial charge in [-0.25, -0.2) is 4.39 Å². The van der Waals surface area contributed by atoms with Crippen molar-refractivity contribution < 1.29 is 9.13 Å². The molecule has 0 heterocycles. The molecule has 0 aliphatic heterocycles. The van der Waals surface area contributed by atoms with Gasteiger partial charge in [-0.15, -0.1) is 0 Å². The van der Waals surface area contributed by atoms with Crippen LogP contribution < -0.4 is 10.1 Å². The smallest absolute Gasteiger partial charge is 0.166 e. The van der Waals surface area contributed by atoms with Crippen molar-refractivity contribution in [3.63, 3.8) is 0 Å². The van der Waals surface area contributed by atoms with Crippen LogP contribution >= 0.6 is 27.5 Å². The summed E-state index contributed by atoms with van der Waals surface area (Å²) in [6, 6.07) is 10.2. The Morgan fingerprint density at radius 1 is 1.20 bits per heavy atom. The fourth-order valence-corrected chi connectivity index (χ4v) is 2.21. The lowest BCUT2D eigenvalue weighted by Crippen LogP contribution is -2.12. The topological polar surface area (TPSA) is 21.3 Å². The van der Waals surface area contributed by atoms with Gasteiger partial charge in [-0.1, -0.05) is 33.6 Å². The summed E-state index contributed by atoms with van der Waals surface area (Å²) < 4.78 is 20.4. The van der Waals surface area contributed by atoms with Crippen molar-refractivity contribution in [1.82, 2.24) is 5.32 Å². The Hall–Kier alpha value is -1.10. The Kier molecular flexibility index (Phi) is 5.02. The van der Waals surface area contributed by atoms with Gasteiger partial charge in [0.1, 0.15) is 5.75 Å². The summed E-state index contributed by atoms with van der Waals surface area (Å²) in [6.07, 6.45) is 0. The monoisotopic (exact) mass is 357 g/mol. The van der Waals surface area contributed by atoms with Crippen molar-refractivity contribution in [2.75, 3.05) is 7.05 Å². The molecule has 2 aromatic rings. The molecule has 0 radical (unpaired) electrons. The minimum absolute atomic E-state index is 0.0769. The molecule has 2 aromatic carbocycles. The summed E-state index contributed by atoms with van der Waals surface area (Å²) >= 11 is 9.35. The molecule has 2 nitrogen and oxygen atoms in total. The molecule has 0 saturated heterocycles. The third kappa shape index (κ3) is 3.51. The molecule has 0 amide bonds. The van der Waals surface area contributed by atoms with Crippen LogP contribution in [0.3, 0.4) is 0 Å². The molecular formula is C15H14BrClFNO. The molecule has 0 bridgehead atoms. The quantitative estimate of drug-likeness (QED) is 0.799. The average molecular weight is 359 g/mol. The lowest BCUT2D eigenvalue weighted by atomic mass is 10.1. The highest BCUT2D eigenvalue weighted by Gasteiger charge is 2.11. The van der Waals surface area contributed by atoms with Crippen LogP contribution in [0.15, 0.2) is 40.9 Å². The van der Waals surface area contributed by atoms with Gasteiger partial charge >= 0.3 is 0 Å². The molecule has 5 heteroatoms. The first-order valence-corrected chi connectivity index (χ1v) is 7.28. The predicted octanol–water partition coefficient (Wildman–Crippen LogP) is 5.31. The highest BCUT2D eigenvalue weighted by Crippen LogP contribution is 2.33. The first kappa shape index (κ1) is 15.3. The van der Waals surface area contributed by atoms with Crippen LogP contribution in [0.5, 0.6) is 11.5 Å². The lowest BCUT2D eigenvalue weighted by molar-refractivity contribution is 0.440. The molecule has 0 spiro atoms. The number of rotatable bonds is 4. The van der Waals surface area contributed by atoms with Crippen molar-refractivity contribution in [1.29, 1.82) is 0 Å². The Balaban J connectivity index is 2.28. The Morgan fingerprint density at radius 3 is 2.60 bits per heavy atom. The zero-order valence-corrected chi connectivity index (χ0v) is 13.4. The van der Waals surface area contributed by atoms with Crippen molar-refractivity contribution in [2.24, 2.45) is 0 Å². The minimum atomic E-state index is -0.416. The van der Waals surface area contributed by atoms with E-state index < -0.39 is 5.82 Å². The summed E-state index contributed by atoms with van der Waals surface area (Å²) in [4.78, 5) is 0. The fourth-order valence-electron chi connectivity index (χ4n) is 1.71. The lowest BCUT2D eigenvalue weighted by Gasteiger charge is -2.13. The molecule has 0 saturated carbocycles.